The SMILES string of the molecule is CC(CCN)S(=O)Cc1ccc(C(N)=O)cc1. The molecule has 0 aliphatic rings. The van der Waals surface area contributed by atoms with Crippen LogP contribution in [0.2, 0.25) is 0 Å². The molecule has 1 amide bonds. The van der Waals surface area contributed by atoms with Crippen molar-refractivity contribution in [2.45, 2.75) is 24.3 Å². The third-order valence-electron chi connectivity index (χ3n) is 2.57. The maximum absolute atomic E-state index is 11.9. The Balaban J connectivity index is 2.63. The number of hydrogen-bond donors (Lipinski definition) is 2. The van der Waals surface area contributed by atoms with E-state index >= 15 is 0 Å². The van der Waals surface area contributed by atoms with Crippen LogP contribution < -0.4 is 11.5 Å². The van der Waals surface area contributed by atoms with Crippen LogP contribution in [0.5, 0.6) is 0 Å². The Kier molecular flexibility index (Phi) is 5.31. The number of amides is 1. The lowest BCUT2D eigenvalue weighted by Gasteiger charge is -2.10. The zero-order chi connectivity index (χ0) is 12.8. The van der Waals surface area contributed by atoms with Crippen LogP contribution >= 0.6 is 0 Å². The summed E-state index contributed by atoms with van der Waals surface area (Å²) in [4.78, 5) is 10.9. The molecule has 0 heterocycles. The molecule has 0 aliphatic heterocycles. The lowest BCUT2D eigenvalue weighted by Crippen LogP contribution is -2.17. The fourth-order valence-electron chi connectivity index (χ4n) is 1.44. The van der Waals surface area contributed by atoms with Crippen LogP contribution in [0.1, 0.15) is 29.3 Å². The predicted octanol–water partition coefficient (Wildman–Crippen LogP) is 0.771. The van der Waals surface area contributed by atoms with Gasteiger partial charge in [0.1, 0.15) is 0 Å². The van der Waals surface area contributed by atoms with Gasteiger partial charge in [0.25, 0.3) is 0 Å². The summed E-state index contributed by atoms with van der Waals surface area (Å²) >= 11 is 0. The van der Waals surface area contributed by atoms with E-state index in [1.165, 1.54) is 0 Å². The van der Waals surface area contributed by atoms with Crippen LogP contribution in [-0.2, 0) is 16.6 Å². The molecular weight excluding hydrogens is 236 g/mol. The van der Waals surface area contributed by atoms with Crippen molar-refractivity contribution in [3.8, 4) is 0 Å². The van der Waals surface area contributed by atoms with E-state index in [9.17, 15) is 9.00 Å². The smallest absolute Gasteiger partial charge is 0.248 e. The van der Waals surface area contributed by atoms with Gasteiger partial charge in [-0.2, -0.15) is 0 Å². The quantitative estimate of drug-likeness (QED) is 0.786. The van der Waals surface area contributed by atoms with Gasteiger partial charge in [-0.25, -0.2) is 0 Å². The summed E-state index contributed by atoms with van der Waals surface area (Å²) in [6, 6.07) is 6.88. The molecule has 0 fully saturated rings. The normalized spacial score (nSPS) is 14.2. The van der Waals surface area contributed by atoms with Gasteiger partial charge in [-0.3, -0.25) is 9.00 Å². The Hall–Kier alpha value is -1.20. The fraction of sp³-hybridized carbons (Fsp3) is 0.417. The standard InChI is InChI=1S/C12H18N2O2S/c1-9(6-7-13)17(16)8-10-2-4-11(5-3-10)12(14)15/h2-5,9H,6-8,13H2,1H3,(H2,14,15). The summed E-state index contributed by atoms with van der Waals surface area (Å²) in [7, 11) is -0.929. The highest BCUT2D eigenvalue weighted by Gasteiger charge is 2.11. The van der Waals surface area contributed by atoms with Crippen molar-refractivity contribution in [2.75, 3.05) is 6.54 Å². The molecule has 4 N–H and O–H groups in total. The van der Waals surface area contributed by atoms with Crippen molar-refractivity contribution < 1.29 is 9.00 Å². The Bertz CT molecular complexity index is 403. The third kappa shape index (κ3) is 4.28. The first-order valence-electron chi connectivity index (χ1n) is 5.50. The van der Waals surface area contributed by atoms with Gasteiger partial charge in [0, 0.05) is 27.4 Å². The van der Waals surface area contributed by atoms with Crippen molar-refractivity contribution in [3.05, 3.63) is 35.4 Å². The maximum Gasteiger partial charge on any atom is 0.248 e. The molecule has 0 saturated carbocycles. The van der Waals surface area contributed by atoms with Gasteiger partial charge in [0.05, 0.1) is 0 Å². The van der Waals surface area contributed by atoms with E-state index in [0.717, 1.165) is 12.0 Å². The third-order valence-corrected chi connectivity index (χ3v) is 4.32. The van der Waals surface area contributed by atoms with Gasteiger partial charge in [0.2, 0.25) is 5.91 Å². The molecule has 17 heavy (non-hydrogen) atoms. The molecule has 0 aliphatic carbocycles. The summed E-state index contributed by atoms with van der Waals surface area (Å²) in [5.41, 5.74) is 12.0. The van der Waals surface area contributed by atoms with Crippen molar-refractivity contribution in [1.29, 1.82) is 0 Å². The van der Waals surface area contributed by atoms with E-state index in [2.05, 4.69) is 0 Å². The molecular formula is C12H18N2O2S. The summed E-state index contributed by atoms with van der Waals surface area (Å²) in [6.45, 7) is 2.48. The van der Waals surface area contributed by atoms with Gasteiger partial charge in [0.15, 0.2) is 0 Å². The molecule has 1 aromatic carbocycles. The highest BCUT2D eigenvalue weighted by atomic mass is 32.2. The van der Waals surface area contributed by atoms with Crippen LogP contribution in [0.25, 0.3) is 0 Å². The first-order valence-corrected chi connectivity index (χ1v) is 6.88. The van der Waals surface area contributed by atoms with Crippen molar-refractivity contribution >= 4 is 16.7 Å². The molecule has 5 heteroatoms. The number of rotatable bonds is 6. The number of benzene rings is 1. The molecule has 4 nitrogen and oxygen atoms in total. The lowest BCUT2D eigenvalue weighted by atomic mass is 10.1. The number of nitrogens with two attached hydrogens (primary N) is 2. The van der Waals surface area contributed by atoms with Gasteiger partial charge >= 0.3 is 0 Å². The van der Waals surface area contributed by atoms with Gasteiger partial charge < -0.3 is 11.5 Å². The highest BCUT2D eigenvalue weighted by molar-refractivity contribution is 7.84. The van der Waals surface area contributed by atoms with E-state index in [1.54, 1.807) is 24.3 Å². The average Bonchev–Trinajstić information content (AvgIpc) is 2.30. The molecule has 1 aromatic rings. The number of primary amides is 1. The van der Waals surface area contributed by atoms with E-state index in [1.807, 2.05) is 6.92 Å². The maximum atomic E-state index is 11.9. The summed E-state index contributed by atoms with van der Waals surface area (Å²) in [5, 5.41) is 0.0933. The zero-order valence-corrected chi connectivity index (χ0v) is 10.7. The van der Waals surface area contributed by atoms with Crippen LogP contribution in [0.15, 0.2) is 24.3 Å². The number of hydrogen-bond acceptors (Lipinski definition) is 3. The Morgan fingerprint density at radius 2 is 1.94 bits per heavy atom. The molecule has 0 radical (unpaired) electrons. The minimum Gasteiger partial charge on any atom is -0.366 e. The van der Waals surface area contributed by atoms with Crippen molar-refractivity contribution in [1.82, 2.24) is 0 Å². The average molecular weight is 254 g/mol. The highest BCUT2D eigenvalue weighted by Crippen LogP contribution is 2.10. The largest absolute Gasteiger partial charge is 0.366 e. The first kappa shape index (κ1) is 13.9. The molecule has 1 rings (SSSR count). The van der Waals surface area contributed by atoms with Crippen LogP contribution in [0, 0.1) is 0 Å². The topological polar surface area (TPSA) is 86.2 Å². The molecule has 2 unspecified atom stereocenters. The summed E-state index contributed by atoms with van der Waals surface area (Å²) < 4.78 is 11.9. The monoisotopic (exact) mass is 254 g/mol. The lowest BCUT2D eigenvalue weighted by molar-refractivity contribution is 0.100. The van der Waals surface area contributed by atoms with E-state index in [-0.39, 0.29) is 5.25 Å². The molecule has 0 saturated heterocycles. The first-order chi connectivity index (χ1) is 8.04. The Labute approximate surface area is 104 Å². The van der Waals surface area contributed by atoms with Crippen molar-refractivity contribution in [3.63, 3.8) is 0 Å². The predicted molar refractivity (Wildman–Crippen MR) is 69.9 cm³/mol. The van der Waals surface area contributed by atoms with E-state index < -0.39 is 16.7 Å². The van der Waals surface area contributed by atoms with Crippen LogP contribution in [-0.4, -0.2) is 21.9 Å². The minimum absolute atomic E-state index is 0.0933. The summed E-state index contributed by atoms with van der Waals surface area (Å²) in [5.74, 6) is 0.0365. The van der Waals surface area contributed by atoms with Gasteiger partial charge in [-0.05, 0) is 30.7 Å². The number of carbonyl (C=O) groups is 1. The second-order valence-corrected chi connectivity index (χ2v) is 5.83. The van der Waals surface area contributed by atoms with Gasteiger partial charge in [-0.15, -0.1) is 0 Å². The second kappa shape index (κ2) is 6.51. The van der Waals surface area contributed by atoms with Gasteiger partial charge in [-0.1, -0.05) is 19.1 Å². The molecule has 2 atom stereocenters. The Morgan fingerprint density at radius 1 is 1.35 bits per heavy atom. The second-order valence-electron chi connectivity index (χ2n) is 3.97. The zero-order valence-electron chi connectivity index (χ0n) is 9.89. The minimum atomic E-state index is -0.929. The molecule has 0 bridgehead atoms. The molecule has 94 valence electrons. The van der Waals surface area contributed by atoms with Crippen LogP contribution in [0.3, 0.4) is 0 Å². The molecule has 0 aromatic heterocycles. The number of carbonyl (C=O) groups excluding carboxylic acids is 1. The Morgan fingerprint density at radius 3 is 2.41 bits per heavy atom. The van der Waals surface area contributed by atoms with E-state index in [4.69, 9.17) is 11.5 Å². The van der Waals surface area contributed by atoms with Crippen LogP contribution in [0.4, 0.5) is 0 Å². The fourth-order valence-corrected chi connectivity index (χ4v) is 2.64. The van der Waals surface area contributed by atoms with E-state index in [0.29, 0.717) is 17.9 Å². The summed E-state index contributed by atoms with van der Waals surface area (Å²) in [6.07, 6.45) is 0.756. The molecule has 0 spiro atoms. The van der Waals surface area contributed by atoms with Crippen molar-refractivity contribution in [2.24, 2.45) is 11.5 Å².